The van der Waals surface area contributed by atoms with Crippen LogP contribution in [0.3, 0.4) is 0 Å². The van der Waals surface area contributed by atoms with Gasteiger partial charge >= 0.3 is 0 Å². The highest BCUT2D eigenvalue weighted by molar-refractivity contribution is 9.10. The summed E-state index contributed by atoms with van der Waals surface area (Å²) in [7, 11) is 0. The summed E-state index contributed by atoms with van der Waals surface area (Å²) in [5.74, 6) is 0.945. The van der Waals surface area contributed by atoms with Gasteiger partial charge in [-0.2, -0.15) is 10.1 Å². The summed E-state index contributed by atoms with van der Waals surface area (Å²) in [6.45, 7) is 4.14. The monoisotopic (exact) mass is 394 g/mol. The van der Waals surface area contributed by atoms with E-state index < -0.39 is 0 Å². The average molecular weight is 395 g/mol. The molecule has 6 heteroatoms. The normalized spacial score (nSPS) is 11.0. The SMILES string of the molecule is Cc1ccc(C)c(-c2cc(-c3nc(-c4ccccc4Br)no3)[nH]n2)c1. The fourth-order valence-electron chi connectivity index (χ4n) is 2.67. The van der Waals surface area contributed by atoms with Crippen molar-refractivity contribution in [2.45, 2.75) is 13.8 Å². The summed E-state index contributed by atoms with van der Waals surface area (Å²) in [4.78, 5) is 4.48. The number of hydrogen-bond acceptors (Lipinski definition) is 4. The number of aryl methyl sites for hydroxylation is 2. The first-order valence-electron chi connectivity index (χ1n) is 7.84. The van der Waals surface area contributed by atoms with E-state index in [-0.39, 0.29) is 0 Å². The molecule has 0 bridgehead atoms. The van der Waals surface area contributed by atoms with Crippen molar-refractivity contribution in [2.24, 2.45) is 0 Å². The molecule has 0 saturated carbocycles. The molecule has 0 amide bonds. The van der Waals surface area contributed by atoms with E-state index in [1.54, 1.807) is 0 Å². The molecular formula is C19H15BrN4O. The van der Waals surface area contributed by atoms with E-state index in [1.165, 1.54) is 11.1 Å². The van der Waals surface area contributed by atoms with Crippen molar-refractivity contribution in [3.05, 3.63) is 64.1 Å². The predicted octanol–water partition coefficient (Wildman–Crippen LogP) is 5.17. The van der Waals surface area contributed by atoms with Gasteiger partial charge < -0.3 is 4.52 Å². The highest BCUT2D eigenvalue weighted by atomic mass is 79.9. The summed E-state index contributed by atoms with van der Waals surface area (Å²) in [5, 5.41) is 11.5. The van der Waals surface area contributed by atoms with Crippen LogP contribution in [0, 0.1) is 13.8 Å². The minimum atomic E-state index is 0.412. The minimum Gasteiger partial charge on any atom is -0.332 e. The molecule has 0 aliphatic heterocycles. The van der Waals surface area contributed by atoms with Crippen molar-refractivity contribution in [1.82, 2.24) is 20.3 Å². The standard InChI is InChI=1S/C19H15BrN4O/c1-11-7-8-12(2)14(9-11)16-10-17(23-22-16)19-21-18(24-25-19)13-5-3-4-6-15(13)20/h3-10H,1-2H3,(H,22,23). The van der Waals surface area contributed by atoms with Gasteiger partial charge in [0.2, 0.25) is 5.82 Å². The molecule has 0 saturated heterocycles. The van der Waals surface area contributed by atoms with Crippen LogP contribution >= 0.6 is 15.9 Å². The van der Waals surface area contributed by atoms with E-state index >= 15 is 0 Å². The molecule has 4 rings (SSSR count). The van der Waals surface area contributed by atoms with Crippen LogP contribution in [0.1, 0.15) is 11.1 Å². The molecule has 0 fully saturated rings. The highest BCUT2D eigenvalue weighted by Gasteiger charge is 2.16. The molecule has 0 unspecified atom stereocenters. The van der Waals surface area contributed by atoms with Crippen LogP contribution in [0.2, 0.25) is 0 Å². The molecule has 2 aromatic heterocycles. The first-order valence-corrected chi connectivity index (χ1v) is 8.63. The number of nitrogens with one attached hydrogen (secondary N) is 1. The number of hydrogen-bond donors (Lipinski definition) is 1. The van der Waals surface area contributed by atoms with Gasteiger partial charge in [0.05, 0.1) is 5.69 Å². The lowest BCUT2D eigenvalue weighted by Gasteiger charge is -2.02. The van der Waals surface area contributed by atoms with Gasteiger partial charge in [-0.05, 0) is 43.7 Å². The van der Waals surface area contributed by atoms with Crippen LogP contribution in [-0.2, 0) is 0 Å². The molecule has 2 aromatic carbocycles. The number of nitrogens with zero attached hydrogens (tertiary/aromatic N) is 3. The maximum atomic E-state index is 5.41. The van der Waals surface area contributed by atoms with Crippen molar-refractivity contribution in [1.29, 1.82) is 0 Å². The molecular weight excluding hydrogens is 380 g/mol. The fraction of sp³-hybridized carbons (Fsp3) is 0.105. The molecule has 0 aliphatic carbocycles. The largest absolute Gasteiger partial charge is 0.332 e. The molecule has 2 heterocycles. The Hall–Kier alpha value is -2.73. The van der Waals surface area contributed by atoms with Gasteiger partial charge in [-0.1, -0.05) is 50.9 Å². The second kappa shape index (κ2) is 6.29. The zero-order valence-electron chi connectivity index (χ0n) is 13.7. The molecule has 0 radical (unpaired) electrons. The van der Waals surface area contributed by atoms with E-state index in [4.69, 9.17) is 4.52 Å². The Morgan fingerprint density at radius 3 is 2.68 bits per heavy atom. The fourth-order valence-corrected chi connectivity index (χ4v) is 3.13. The number of benzene rings is 2. The molecule has 1 N–H and O–H groups in total. The Balaban J connectivity index is 1.70. The highest BCUT2D eigenvalue weighted by Crippen LogP contribution is 2.29. The van der Waals surface area contributed by atoms with Crippen LogP contribution in [0.5, 0.6) is 0 Å². The van der Waals surface area contributed by atoms with Gasteiger partial charge in [-0.25, -0.2) is 0 Å². The van der Waals surface area contributed by atoms with Crippen molar-refractivity contribution in [3.8, 4) is 34.2 Å². The van der Waals surface area contributed by atoms with Crippen LogP contribution in [0.15, 0.2) is 57.5 Å². The summed E-state index contributed by atoms with van der Waals surface area (Å²) < 4.78 is 6.33. The van der Waals surface area contributed by atoms with Crippen molar-refractivity contribution in [2.75, 3.05) is 0 Å². The third kappa shape index (κ3) is 3.00. The lowest BCUT2D eigenvalue weighted by Crippen LogP contribution is -1.84. The van der Waals surface area contributed by atoms with E-state index in [1.807, 2.05) is 30.3 Å². The number of halogens is 1. The zero-order valence-corrected chi connectivity index (χ0v) is 15.3. The zero-order chi connectivity index (χ0) is 17.4. The molecule has 4 aromatic rings. The molecule has 0 aliphatic rings. The third-order valence-electron chi connectivity index (χ3n) is 4.02. The van der Waals surface area contributed by atoms with Crippen LogP contribution in [-0.4, -0.2) is 20.3 Å². The topological polar surface area (TPSA) is 67.6 Å². The first-order chi connectivity index (χ1) is 12.1. The van der Waals surface area contributed by atoms with Crippen molar-refractivity contribution < 1.29 is 4.52 Å². The molecule has 25 heavy (non-hydrogen) atoms. The molecule has 124 valence electrons. The van der Waals surface area contributed by atoms with E-state index in [9.17, 15) is 0 Å². The number of aromatic amines is 1. The van der Waals surface area contributed by atoms with Gasteiger partial charge in [0, 0.05) is 15.6 Å². The number of rotatable bonds is 3. The van der Waals surface area contributed by atoms with Crippen LogP contribution in [0.4, 0.5) is 0 Å². The lowest BCUT2D eigenvalue weighted by atomic mass is 10.0. The van der Waals surface area contributed by atoms with Gasteiger partial charge in [0.1, 0.15) is 5.69 Å². The van der Waals surface area contributed by atoms with Gasteiger partial charge in [0.15, 0.2) is 0 Å². The van der Waals surface area contributed by atoms with Crippen LogP contribution < -0.4 is 0 Å². The second-order valence-corrected chi connectivity index (χ2v) is 6.74. The summed E-state index contributed by atoms with van der Waals surface area (Å²) in [5.41, 5.74) is 5.89. The van der Waals surface area contributed by atoms with Crippen molar-refractivity contribution in [3.63, 3.8) is 0 Å². The Labute approximate surface area is 153 Å². The minimum absolute atomic E-state index is 0.412. The quantitative estimate of drug-likeness (QED) is 0.520. The summed E-state index contributed by atoms with van der Waals surface area (Å²) >= 11 is 3.51. The Kier molecular flexibility index (Phi) is 3.97. The average Bonchev–Trinajstić information content (AvgIpc) is 3.26. The second-order valence-electron chi connectivity index (χ2n) is 5.89. The molecule has 0 atom stereocenters. The molecule has 0 spiro atoms. The summed E-state index contributed by atoms with van der Waals surface area (Å²) in [6, 6.07) is 16.0. The summed E-state index contributed by atoms with van der Waals surface area (Å²) in [6.07, 6.45) is 0. The maximum Gasteiger partial charge on any atom is 0.276 e. The van der Waals surface area contributed by atoms with E-state index in [0.717, 1.165) is 21.3 Å². The maximum absolute atomic E-state index is 5.41. The number of H-pyrrole nitrogens is 1. The first kappa shape index (κ1) is 15.8. The van der Waals surface area contributed by atoms with Gasteiger partial charge in [-0.3, -0.25) is 5.10 Å². The smallest absolute Gasteiger partial charge is 0.276 e. The van der Waals surface area contributed by atoms with Gasteiger partial charge in [-0.15, -0.1) is 0 Å². The number of aromatic nitrogens is 4. The molecule has 5 nitrogen and oxygen atoms in total. The Bertz CT molecular complexity index is 1050. The Morgan fingerprint density at radius 1 is 1.00 bits per heavy atom. The van der Waals surface area contributed by atoms with Crippen LogP contribution in [0.25, 0.3) is 34.2 Å². The van der Waals surface area contributed by atoms with E-state index in [0.29, 0.717) is 17.4 Å². The van der Waals surface area contributed by atoms with E-state index in [2.05, 4.69) is 68.3 Å². The predicted molar refractivity (Wildman–Crippen MR) is 99.9 cm³/mol. The Morgan fingerprint density at radius 2 is 1.84 bits per heavy atom. The lowest BCUT2D eigenvalue weighted by molar-refractivity contribution is 0.431. The van der Waals surface area contributed by atoms with Crippen molar-refractivity contribution >= 4 is 15.9 Å². The van der Waals surface area contributed by atoms with Gasteiger partial charge in [0.25, 0.3) is 5.89 Å². The third-order valence-corrected chi connectivity index (χ3v) is 4.71.